The molecule has 0 fully saturated rings. The van der Waals surface area contributed by atoms with Crippen LogP contribution in [0.2, 0.25) is 0 Å². The van der Waals surface area contributed by atoms with Crippen LogP contribution in [0.4, 0.5) is 19.1 Å². The third-order valence-electron chi connectivity index (χ3n) is 6.96. The lowest BCUT2D eigenvalue weighted by Gasteiger charge is -2.35. The van der Waals surface area contributed by atoms with Crippen molar-refractivity contribution in [1.82, 2.24) is 29.4 Å². The number of halogens is 4. The fraction of sp³-hybridized carbons (Fsp3) is 0.296. The number of nitrogens with zero attached hydrogens (tertiary/aromatic N) is 6. The second-order valence-corrected chi connectivity index (χ2v) is 10.6. The highest BCUT2D eigenvalue weighted by atomic mass is 79.9. The Morgan fingerprint density at radius 1 is 1.25 bits per heavy atom. The predicted octanol–water partition coefficient (Wildman–Crippen LogP) is 4.87. The first kappa shape index (κ1) is 27.6. The van der Waals surface area contributed by atoms with E-state index in [2.05, 4.69) is 38.1 Å². The topological polar surface area (TPSA) is 97.9 Å². The molecule has 0 radical (unpaired) electrons. The Hall–Kier alpha value is -4.00. The number of carbonyl (C=O) groups excluding carboxylic acids is 1. The van der Waals surface area contributed by atoms with Gasteiger partial charge in [-0.2, -0.15) is 13.2 Å². The van der Waals surface area contributed by atoms with Crippen LogP contribution in [0.3, 0.4) is 0 Å². The number of hydrogen-bond donors (Lipinski definition) is 1. The van der Waals surface area contributed by atoms with E-state index in [1.165, 1.54) is 21.6 Å². The van der Waals surface area contributed by atoms with Crippen molar-refractivity contribution in [3.8, 4) is 5.69 Å². The lowest BCUT2D eigenvalue weighted by molar-refractivity contribution is -0.138. The molecule has 1 aliphatic heterocycles. The summed E-state index contributed by atoms with van der Waals surface area (Å²) in [7, 11) is 1.77. The molecule has 0 unspecified atom stereocenters. The van der Waals surface area contributed by atoms with Crippen molar-refractivity contribution in [3.05, 3.63) is 86.3 Å². The highest BCUT2D eigenvalue weighted by Gasteiger charge is 2.36. The molecule has 5 rings (SSSR count). The van der Waals surface area contributed by atoms with E-state index in [1.807, 2.05) is 13.0 Å². The number of hydrogen-bond acceptors (Lipinski definition) is 6. The van der Waals surface area contributed by atoms with Crippen LogP contribution < -0.4 is 10.9 Å². The van der Waals surface area contributed by atoms with Crippen molar-refractivity contribution in [3.63, 3.8) is 0 Å². The molecule has 0 aliphatic carbocycles. The van der Waals surface area contributed by atoms with E-state index >= 15 is 0 Å². The third-order valence-corrected chi connectivity index (χ3v) is 7.65. The maximum Gasteiger partial charge on any atom is 0.417 e. The lowest BCUT2D eigenvalue weighted by Crippen LogP contribution is -2.46. The van der Waals surface area contributed by atoms with E-state index < -0.39 is 23.7 Å². The number of aryl methyl sites for hydroxylation is 1. The highest BCUT2D eigenvalue weighted by Crippen LogP contribution is 2.36. The molecule has 3 heterocycles. The minimum Gasteiger partial charge on any atom is -0.349 e. The van der Waals surface area contributed by atoms with Crippen molar-refractivity contribution in [2.24, 2.45) is 7.05 Å². The number of aromatic nitrogens is 5. The fourth-order valence-corrected chi connectivity index (χ4v) is 5.21. The monoisotopic (exact) mass is 615 g/mol. The van der Waals surface area contributed by atoms with Crippen LogP contribution in [0.25, 0.3) is 16.7 Å². The molecule has 9 nitrogen and oxygen atoms in total. The number of benzene rings is 2. The van der Waals surface area contributed by atoms with Gasteiger partial charge >= 0.3 is 6.18 Å². The molecule has 40 heavy (non-hydrogen) atoms. The van der Waals surface area contributed by atoms with E-state index in [4.69, 9.17) is 4.98 Å². The van der Waals surface area contributed by atoms with Crippen LogP contribution in [-0.4, -0.2) is 47.4 Å². The second kappa shape index (κ2) is 10.2. The highest BCUT2D eigenvalue weighted by molar-refractivity contribution is 9.10. The molecule has 208 valence electrons. The number of carbonyl (C=O) groups is 1. The molecular formula is C27H25BrF3N7O2. The number of rotatable bonds is 5. The normalized spacial score (nSPS) is 16.1. The van der Waals surface area contributed by atoms with Gasteiger partial charge in [-0.15, -0.1) is 11.7 Å². The van der Waals surface area contributed by atoms with Crippen molar-refractivity contribution in [2.45, 2.75) is 45.1 Å². The SMILES string of the molecule is C=C[C@@H](C)Nc1nc2c(c(=O)n1-c1ccc3c(c1)nnn3C)C[C@@H](C)N(C(=O)c1ccc(Br)c(C(F)(F)F)c1)C2. The maximum absolute atomic E-state index is 13.9. The van der Waals surface area contributed by atoms with Crippen molar-refractivity contribution < 1.29 is 18.0 Å². The minimum absolute atomic E-state index is 0.0385. The summed E-state index contributed by atoms with van der Waals surface area (Å²) in [5, 5.41) is 11.4. The van der Waals surface area contributed by atoms with E-state index in [-0.39, 0.29) is 40.6 Å². The number of nitrogens with one attached hydrogen (secondary N) is 1. The molecule has 4 aromatic rings. The average Bonchev–Trinajstić information content (AvgIpc) is 3.28. The Bertz CT molecular complexity index is 1710. The van der Waals surface area contributed by atoms with Gasteiger partial charge in [-0.05, 0) is 56.7 Å². The Labute approximate surface area is 235 Å². The first-order chi connectivity index (χ1) is 18.9. The molecular weight excluding hydrogens is 591 g/mol. The molecule has 1 amide bonds. The maximum atomic E-state index is 13.9. The zero-order chi connectivity index (χ0) is 28.9. The smallest absolute Gasteiger partial charge is 0.349 e. The average molecular weight is 616 g/mol. The lowest BCUT2D eigenvalue weighted by atomic mass is 9.98. The molecule has 0 spiro atoms. The van der Waals surface area contributed by atoms with Gasteiger partial charge in [0.2, 0.25) is 5.95 Å². The van der Waals surface area contributed by atoms with Crippen LogP contribution in [0.15, 0.2) is 58.3 Å². The zero-order valence-corrected chi connectivity index (χ0v) is 23.4. The summed E-state index contributed by atoms with van der Waals surface area (Å²) in [5.74, 6) is -0.339. The minimum atomic E-state index is -4.63. The third kappa shape index (κ3) is 4.89. The molecule has 1 N–H and O–H groups in total. The summed E-state index contributed by atoms with van der Waals surface area (Å²) in [6.07, 6.45) is -2.79. The van der Waals surface area contributed by atoms with Crippen LogP contribution in [-0.2, 0) is 26.2 Å². The summed E-state index contributed by atoms with van der Waals surface area (Å²) in [4.78, 5) is 33.5. The molecule has 1 aliphatic rings. The van der Waals surface area contributed by atoms with Crippen LogP contribution in [0.1, 0.15) is 41.0 Å². The van der Waals surface area contributed by atoms with Crippen LogP contribution in [0.5, 0.6) is 0 Å². The number of amides is 1. The molecule has 2 aromatic heterocycles. The van der Waals surface area contributed by atoms with Gasteiger partial charge in [-0.3, -0.25) is 9.59 Å². The Morgan fingerprint density at radius 2 is 2.00 bits per heavy atom. The quantitative estimate of drug-likeness (QED) is 0.322. The molecule has 0 saturated heterocycles. The summed E-state index contributed by atoms with van der Waals surface area (Å²) in [5.41, 5.74) is 1.39. The van der Waals surface area contributed by atoms with Gasteiger partial charge in [0.15, 0.2) is 0 Å². The Kier molecular flexibility index (Phi) is 7.02. The predicted molar refractivity (Wildman–Crippen MR) is 147 cm³/mol. The summed E-state index contributed by atoms with van der Waals surface area (Å²) < 4.78 is 43.4. The molecule has 0 bridgehead atoms. The van der Waals surface area contributed by atoms with Gasteiger partial charge < -0.3 is 10.2 Å². The van der Waals surface area contributed by atoms with E-state index in [1.54, 1.807) is 36.9 Å². The number of alkyl halides is 3. The Balaban J connectivity index is 1.58. The summed E-state index contributed by atoms with van der Waals surface area (Å²) in [6.45, 7) is 7.35. The second-order valence-electron chi connectivity index (χ2n) is 9.73. The fourth-order valence-electron chi connectivity index (χ4n) is 4.74. The largest absolute Gasteiger partial charge is 0.417 e. The van der Waals surface area contributed by atoms with Crippen molar-refractivity contribution in [1.29, 1.82) is 0 Å². The van der Waals surface area contributed by atoms with Gasteiger partial charge in [0.25, 0.3) is 11.5 Å². The van der Waals surface area contributed by atoms with Gasteiger partial charge in [0, 0.05) is 34.7 Å². The van der Waals surface area contributed by atoms with E-state index in [0.717, 1.165) is 11.6 Å². The van der Waals surface area contributed by atoms with E-state index in [9.17, 15) is 22.8 Å². The summed E-state index contributed by atoms with van der Waals surface area (Å²) in [6, 6.07) is 8.01. The Morgan fingerprint density at radius 3 is 2.70 bits per heavy atom. The molecule has 13 heteroatoms. The van der Waals surface area contributed by atoms with Gasteiger partial charge in [-0.25, -0.2) is 14.2 Å². The van der Waals surface area contributed by atoms with Gasteiger partial charge in [0.05, 0.1) is 29.0 Å². The molecule has 2 atom stereocenters. The zero-order valence-electron chi connectivity index (χ0n) is 21.8. The number of fused-ring (bicyclic) bond motifs is 2. The molecule has 0 saturated carbocycles. The number of anilines is 1. The van der Waals surface area contributed by atoms with Crippen molar-refractivity contribution >= 4 is 38.8 Å². The van der Waals surface area contributed by atoms with Crippen LogP contribution >= 0.6 is 15.9 Å². The standard InChI is InChI=1S/C27H25BrF3N7O2/c1-5-14(2)32-26-33-22-13-37(24(39)16-6-8-20(28)19(11-16)27(29,30)31)15(3)10-18(22)25(40)38(26)17-7-9-23-21(12-17)34-35-36(23)4/h5-9,11-12,14-15H,1,10,13H2,2-4H3,(H,32,33)/t14-,15-/m1/s1. The van der Waals surface area contributed by atoms with Crippen LogP contribution in [0, 0.1) is 0 Å². The first-order valence-electron chi connectivity index (χ1n) is 12.4. The molecule has 2 aromatic carbocycles. The van der Waals surface area contributed by atoms with Gasteiger partial charge in [-0.1, -0.05) is 27.2 Å². The van der Waals surface area contributed by atoms with Crippen molar-refractivity contribution in [2.75, 3.05) is 5.32 Å². The van der Waals surface area contributed by atoms with Gasteiger partial charge in [0.1, 0.15) is 5.52 Å². The first-order valence-corrected chi connectivity index (χ1v) is 13.2. The summed E-state index contributed by atoms with van der Waals surface area (Å²) >= 11 is 2.91. The van der Waals surface area contributed by atoms with E-state index in [0.29, 0.717) is 22.5 Å².